The Bertz CT molecular complexity index is 307. The third kappa shape index (κ3) is 14.1. The van der Waals surface area contributed by atoms with E-state index in [1.54, 1.807) is 6.92 Å². The molecule has 0 aromatic heterocycles. The molecule has 0 heterocycles. The lowest BCUT2D eigenvalue weighted by Gasteiger charge is -2.12. The highest BCUT2D eigenvalue weighted by Crippen LogP contribution is 2.11. The molecule has 0 saturated heterocycles. The summed E-state index contributed by atoms with van der Waals surface area (Å²) in [5, 5.41) is 2.39. The third-order valence-corrected chi connectivity index (χ3v) is 3.87. The van der Waals surface area contributed by atoms with Crippen molar-refractivity contribution in [1.82, 2.24) is 5.32 Å². The number of unbranched alkanes of at least 4 members (excludes halogenated alkanes) is 10. The number of ether oxygens (including phenoxy) is 2. The Balaban J connectivity index is 3.32. The topological polar surface area (TPSA) is 64.6 Å². The number of esters is 1. The van der Waals surface area contributed by atoms with Crippen molar-refractivity contribution in [3.05, 3.63) is 0 Å². The van der Waals surface area contributed by atoms with Crippen molar-refractivity contribution in [1.29, 1.82) is 0 Å². The quantitative estimate of drug-likeness (QED) is 0.374. The van der Waals surface area contributed by atoms with Gasteiger partial charge in [0.05, 0.1) is 13.7 Å². The van der Waals surface area contributed by atoms with E-state index in [1.807, 2.05) is 0 Å². The lowest BCUT2D eigenvalue weighted by molar-refractivity contribution is -0.145. The maximum absolute atomic E-state index is 11.6. The van der Waals surface area contributed by atoms with Crippen LogP contribution in [0, 0.1) is 0 Å². The maximum atomic E-state index is 11.6. The fourth-order valence-corrected chi connectivity index (χ4v) is 2.36. The molecule has 5 nitrogen and oxygen atoms in total. The molecule has 0 rings (SSSR count). The summed E-state index contributed by atoms with van der Waals surface area (Å²) in [7, 11) is 1.26. The van der Waals surface area contributed by atoms with Crippen LogP contribution in [0.5, 0.6) is 0 Å². The van der Waals surface area contributed by atoms with Crippen LogP contribution >= 0.6 is 0 Å². The predicted octanol–water partition coefficient (Wildman–Crippen LogP) is 4.59. The Labute approximate surface area is 141 Å². The molecule has 136 valence electrons. The summed E-state index contributed by atoms with van der Waals surface area (Å²) in [4.78, 5) is 22.5. The van der Waals surface area contributed by atoms with Gasteiger partial charge in [0.2, 0.25) is 0 Å². The number of methoxy groups -OCH3 is 1. The number of amides is 1. The fourth-order valence-electron chi connectivity index (χ4n) is 2.36. The molecule has 0 radical (unpaired) electrons. The largest absolute Gasteiger partial charge is 0.464 e. The van der Waals surface area contributed by atoms with Gasteiger partial charge in [-0.1, -0.05) is 71.1 Å². The van der Waals surface area contributed by atoms with E-state index in [1.165, 1.54) is 64.9 Å². The fraction of sp³-hybridized carbons (Fsp3) is 0.889. The summed E-state index contributed by atoms with van der Waals surface area (Å²) in [5.74, 6) is -0.414. The van der Waals surface area contributed by atoms with Crippen molar-refractivity contribution >= 4 is 12.1 Å². The molecule has 1 atom stereocenters. The first-order valence-electron chi connectivity index (χ1n) is 9.13. The zero-order valence-corrected chi connectivity index (χ0v) is 15.2. The standard InChI is InChI=1S/C18H35NO4/c1-4-5-6-7-8-9-10-11-12-13-14-15-23-17(20)16(2)19-18(21)22-3/h16H,4-15H2,1-3H3,(H,19,21). The van der Waals surface area contributed by atoms with Crippen molar-refractivity contribution in [2.45, 2.75) is 90.5 Å². The number of hydrogen-bond acceptors (Lipinski definition) is 4. The van der Waals surface area contributed by atoms with Crippen LogP contribution in [0.25, 0.3) is 0 Å². The second kappa shape index (κ2) is 15.6. The maximum Gasteiger partial charge on any atom is 0.407 e. The molecule has 1 amide bonds. The van der Waals surface area contributed by atoms with E-state index in [4.69, 9.17) is 4.74 Å². The van der Waals surface area contributed by atoms with Crippen molar-refractivity contribution in [3.8, 4) is 0 Å². The van der Waals surface area contributed by atoms with Gasteiger partial charge in [-0.15, -0.1) is 0 Å². The minimum atomic E-state index is -0.671. The summed E-state index contributed by atoms with van der Waals surface area (Å²) < 4.78 is 9.55. The Morgan fingerprint density at radius 3 is 1.83 bits per heavy atom. The molecular formula is C18H35NO4. The van der Waals surface area contributed by atoms with Crippen LogP contribution in [-0.2, 0) is 14.3 Å². The van der Waals surface area contributed by atoms with Crippen molar-refractivity contribution in [2.75, 3.05) is 13.7 Å². The summed E-state index contributed by atoms with van der Waals surface area (Å²) in [6.07, 6.45) is 13.3. The smallest absolute Gasteiger partial charge is 0.407 e. The molecule has 0 fully saturated rings. The average Bonchev–Trinajstić information content (AvgIpc) is 2.55. The minimum Gasteiger partial charge on any atom is -0.464 e. The summed E-state index contributed by atoms with van der Waals surface area (Å²) >= 11 is 0. The normalized spacial score (nSPS) is 11.8. The second-order valence-electron chi connectivity index (χ2n) is 6.06. The van der Waals surface area contributed by atoms with Gasteiger partial charge in [-0.25, -0.2) is 9.59 Å². The molecule has 1 N–H and O–H groups in total. The minimum absolute atomic E-state index is 0.414. The van der Waals surface area contributed by atoms with Gasteiger partial charge >= 0.3 is 12.1 Å². The van der Waals surface area contributed by atoms with E-state index in [-0.39, 0.29) is 0 Å². The van der Waals surface area contributed by atoms with Crippen LogP contribution in [0.1, 0.15) is 84.5 Å². The molecule has 23 heavy (non-hydrogen) atoms. The Kier molecular flexibility index (Phi) is 14.8. The molecule has 0 aliphatic carbocycles. The van der Waals surface area contributed by atoms with Gasteiger partial charge in [0, 0.05) is 0 Å². The monoisotopic (exact) mass is 329 g/mol. The van der Waals surface area contributed by atoms with E-state index in [2.05, 4.69) is 17.0 Å². The first-order chi connectivity index (χ1) is 11.1. The highest BCUT2D eigenvalue weighted by molar-refractivity contribution is 5.80. The molecule has 0 aliphatic rings. The van der Waals surface area contributed by atoms with E-state index < -0.39 is 18.1 Å². The van der Waals surface area contributed by atoms with E-state index >= 15 is 0 Å². The van der Waals surface area contributed by atoms with Gasteiger partial charge in [-0.2, -0.15) is 0 Å². The number of carbonyl (C=O) groups excluding carboxylic acids is 2. The highest BCUT2D eigenvalue weighted by atomic mass is 16.5. The van der Waals surface area contributed by atoms with Gasteiger partial charge in [-0.3, -0.25) is 0 Å². The van der Waals surface area contributed by atoms with Gasteiger partial charge in [-0.05, 0) is 13.3 Å². The molecule has 0 aliphatic heterocycles. The summed E-state index contributed by atoms with van der Waals surface area (Å²) in [6, 6.07) is -0.671. The van der Waals surface area contributed by atoms with E-state index in [0.29, 0.717) is 6.61 Å². The van der Waals surface area contributed by atoms with Crippen LogP contribution in [0.15, 0.2) is 0 Å². The Morgan fingerprint density at radius 1 is 0.870 bits per heavy atom. The number of alkyl carbamates (subject to hydrolysis) is 1. The van der Waals surface area contributed by atoms with Crippen LogP contribution in [-0.4, -0.2) is 31.8 Å². The van der Waals surface area contributed by atoms with Crippen LogP contribution in [0.3, 0.4) is 0 Å². The zero-order chi connectivity index (χ0) is 17.3. The highest BCUT2D eigenvalue weighted by Gasteiger charge is 2.16. The molecule has 1 unspecified atom stereocenters. The van der Waals surface area contributed by atoms with Crippen LogP contribution in [0.4, 0.5) is 4.79 Å². The van der Waals surface area contributed by atoms with Gasteiger partial charge < -0.3 is 14.8 Å². The third-order valence-electron chi connectivity index (χ3n) is 3.87. The van der Waals surface area contributed by atoms with Crippen molar-refractivity contribution in [3.63, 3.8) is 0 Å². The summed E-state index contributed by atoms with van der Waals surface area (Å²) in [6.45, 7) is 4.25. The Morgan fingerprint density at radius 2 is 1.35 bits per heavy atom. The number of hydrogen-bond donors (Lipinski definition) is 1. The lowest BCUT2D eigenvalue weighted by Crippen LogP contribution is -2.39. The van der Waals surface area contributed by atoms with Gasteiger partial charge in [0.15, 0.2) is 0 Å². The number of carbonyl (C=O) groups is 2. The predicted molar refractivity (Wildman–Crippen MR) is 92.4 cm³/mol. The Hall–Kier alpha value is -1.26. The van der Waals surface area contributed by atoms with Gasteiger partial charge in [0.1, 0.15) is 6.04 Å². The van der Waals surface area contributed by atoms with Crippen LogP contribution < -0.4 is 5.32 Å². The summed E-state index contributed by atoms with van der Waals surface area (Å²) in [5.41, 5.74) is 0. The first-order valence-corrected chi connectivity index (χ1v) is 9.13. The molecule has 0 saturated carbocycles. The molecular weight excluding hydrogens is 294 g/mol. The SMILES string of the molecule is CCCCCCCCCCCCCOC(=O)C(C)NC(=O)OC. The number of rotatable bonds is 14. The molecule has 0 aromatic rings. The molecule has 0 aromatic carbocycles. The molecule has 5 heteroatoms. The molecule has 0 spiro atoms. The molecule has 0 bridgehead atoms. The second-order valence-corrected chi connectivity index (χ2v) is 6.06. The van der Waals surface area contributed by atoms with Gasteiger partial charge in [0.25, 0.3) is 0 Å². The van der Waals surface area contributed by atoms with E-state index in [0.717, 1.165) is 12.8 Å². The average molecular weight is 329 g/mol. The first kappa shape index (κ1) is 21.7. The number of nitrogens with one attached hydrogen (secondary N) is 1. The lowest BCUT2D eigenvalue weighted by atomic mass is 10.1. The van der Waals surface area contributed by atoms with Crippen LogP contribution in [0.2, 0.25) is 0 Å². The van der Waals surface area contributed by atoms with E-state index in [9.17, 15) is 9.59 Å². The zero-order valence-electron chi connectivity index (χ0n) is 15.2. The van der Waals surface area contributed by atoms with Crippen molar-refractivity contribution < 1.29 is 19.1 Å². The van der Waals surface area contributed by atoms with Crippen molar-refractivity contribution in [2.24, 2.45) is 0 Å².